The number of rotatable bonds is 5. The van der Waals surface area contributed by atoms with Gasteiger partial charge in [-0.05, 0) is 42.5 Å². The van der Waals surface area contributed by atoms with Gasteiger partial charge in [-0.25, -0.2) is 8.78 Å². The molecule has 2 heterocycles. The van der Waals surface area contributed by atoms with E-state index in [0.29, 0.717) is 22.5 Å². The summed E-state index contributed by atoms with van der Waals surface area (Å²) in [5, 5.41) is 2.69. The number of halogens is 2. The Morgan fingerprint density at radius 3 is 2.55 bits per heavy atom. The molecule has 146 valence electrons. The number of aromatic nitrogens is 1. The first-order valence-corrected chi connectivity index (χ1v) is 9.09. The maximum absolute atomic E-state index is 13.8. The van der Waals surface area contributed by atoms with Crippen molar-refractivity contribution in [2.75, 3.05) is 4.90 Å². The Balaban J connectivity index is 1.57. The van der Waals surface area contributed by atoms with E-state index in [1.807, 2.05) is 0 Å². The lowest BCUT2D eigenvalue weighted by Gasteiger charge is -2.24. The molecule has 1 aliphatic heterocycles. The van der Waals surface area contributed by atoms with Gasteiger partial charge >= 0.3 is 0 Å². The smallest absolute Gasteiger partial charge is 0.260 e. The molecule has 0 bridgehead atoms. The lowest BCUT2D eigenvalue weighted by Crippen LogP contribution is -2.33. The van der Waals surface area contributed by atoms with Crippen molar-refractivity contribution in [1.29, 1.82) is 0 Å². The van der Waals surface area contributed by atoms with Crippen LogP contribution >= 0.6 is 0 Å². The molecule has 0 fully saturated rings. The number of carbonyl (C=O) groups excluding carboxylic acids is 2. The third-order valence-corrected chi connectivity index (χ3v) is 4.83. The summed E-state index contributed by atoms with van der Waals surface area (Å²) in [7, 11) is 0. The SMILES string of the molecule is O=C(C[C@@H]1c2ncccc2C(=O)N1c1ccc(F)cc1)NCc1ccccc1F. The Kier molecular flexibility index (Phi) is 5.03. The lowest BCUT2D eigenvalue weighted by atomic mass is 10.1. The Hall–Kier alpha value is -3.61. The van der Waals surface area contributed by atoms with E-state index in [1.165, 1.54) is 35.2 Å². The molecule has 0 unspecified atom stereocenters. The summed E-state index contributed by atoms with van der Waals surface area (Å²) in [6, 6.07) is 14.4. The Bertz CT molecular complexity index is 1070. The fourth-order valence-electron chi connectivity index (χ4n) is 3.43. The number of hydrogen-bond donors (Lipinski definition) is 1. The fraction of sp³-hybridized carbons (Fsp3) is 0.136. The molecule has 1 aromatic heterocycles. The zero-order valence-corrected chi connectivity index (χ0v) is 15.3. The first-order valence-electron chi connectivity index (χ1n) is 9.09. The molecule has 0 radical (unpaired) electrons. The normalized spacial score (nSPS) is 15.3. The Morgan fingerprint density at radius 2 is 1.79 bits per heavy atom. The fourth-order valence-corrected chi connectivity index (χ4v) is 3.43. The maximum atomic E-state index is 13.8. The number of fused-ring (bicyclic) bond motifs is 1. The highest BCUT2D eigenvalue weighted by Gasteiger charge is 2.39. The highest BCUT2D eigenvalue weighted by Crippen LogP contribution is 2.38. The molecule has 0 spiro atoms. The van der Waals surface area contributed by atoms with Crippen molar-refractivity contribution in [2.45, 2.75) is 19.0 Å². The van der Waals surface area contributed by atoms with E-state index < -0.39 is 17.7 Å². The molecular weight excluding hydrogens is 376 g/mol. The van der Waals surface area contributed by atoms with Gasteiger partial charge < -0.3 is 5.32 Å². The molecule has 4 rings (SSSR count). The second-order valence-corrected chi connectivity index (χ2v) is 6.68. The van der Waals surface area contributed by atoms with Crippen molar-refractivity contribution >= 4 is 17.5 Å². The van der Waals surface area contributed by atoms with E-state index >= 15 is 0 Å². The van der Waals surface area contributed by atoms with Crippen LogP contribution in [0.3, 0.4) is 0 Å². The standard InChI is InChI=1S/C22H17F2N3O2/c23-15-7-9-16(10-8-15)27-19(21-17(22(27)29)5-3-11-25-21)12-20(28)26-13-14-4-1-2-6-18(14)24/h1-11,19H,12-13H2,(H,26,28)/t19-/m1/s1. The minimum Gasteiger partial charge on any atom is -0.352 e. The summed E-state index contributed by atoms with van der Waals surface area (Å²) < 4.78 is 27.1. The number of nitrogens with one attached hydrogen (secondary N) is 1. The van der Waals surface area contributed by atoms with E-state index in [2.05, 4.69) is 10.3 Å². The third-order valence-electron chi connectivity index (χ3n) is 4.83. The van der Waals surface area contributed by atoms with Gasteiger partial charge in [0.15, 0.2) is 0 Å². The van der Waals surface area contributed by atoms with Crippen molar-refractivity contribution < 1.29 is 18.4 Å². The van der Waals surface area contributed by atoms with Gasteiger partial charge in [0, 0.05) is 24.0 Å². The molecule has 0 aliphatic carbocycles. The van der Waals surface area contributed by atoms with Crippen molar-refractivity contribution in [1.82, 2.24) is 10.3 Å². The summed E-state index contributed by atoms with van der Waals surface area (Å²) in [5.74, 6) is -1.47. The van der Waals surface area contributed by atoms with Gasteiger partial charge in [0.25, 0.3) is 5.91 Å². The largest absolute Gasteiger partial charge is 0.352 e. The monoisotopic (exact) mass is 393 g/mol. The summed E-state index contributed by atoms with van der Waals surface area (Å²) in [5.41, 5.74) is 1.74. The van der Waals surface area contributed by atoms with Crippen LogP contribution in [0.25, 0.3) is 0 Å². The molecule has 2 amide bonds. The second-order valence-electron chi connectivity index (χ2n) is 6.68. The van der Waals surface area contributed by atoms with Crippen molar-refractivity contribution in [3.05, 3.63) is 95.3 Å². The number of carbonyl (C=O) groups is 2. The van der Waals surface area contributed by atoms with Crippen LogP contribution in [0.2, 0.25) is 0 Å². The Labute approximate surface area is 166 Å². The number of hydrogen-bond acceptors (Lipinski definition) is 3. The molecule has 0 saturated carbocycles. The summed E-state index contributed by atoms with van der Waals surface area (Å²) in [6.07, 6.45) is 1.51. The molecular formula is C22H17F2N3O2. The minimum atomic E-state index is -0.634. The van der Waals surface area contributed by atoms with E-state index in [-0.39, 0.29) is 24.8 Å². The van der Waals surface area contributed by atoms with Gasteiger partial charge in [-0.3, -0.25) is 19.5 Å². The summed E-state index contributed by atoms with van der Waals surface area (Å²) >= 11 is 0. The average Bonchev–Trinajstić information content (AvgIpc) is 3.00. The van der Waals surface area contributed by atoms with Crippen LogP contribution in [0.1, 0.15) is 34.1 Å². The van der Waals surface area contributed by atoms with E-state index in [9.17, 15) is 18.4 Å². The average molecular weight is 393 g/mol. The molecule has 7 heteroatoms. The topological polar surface area (TPSA) is 62.3 Å². The zero-order valence-electron chi connectivity index (χ0n) is 15.3. The van der Waals surface area contributed by atoms with Crippen molar-refractivity contribution in [3.63, 3.8) is 0 Å². The van der Waals surface area contributed by atoms with Crippen molar-refractivity contribution in [2.24, 2.45) is 0 Å². The number of pyridine rings is 1. The highest BCUT2D eigenvalue weighted by atomic mass is 19.1. The zero-order chi connectivity index (χ0) is 20.4. The molecule has 0 saturated heterocycles. The first kappa shape index (κ1) is 18.7. The van der Waals surface area contributed by atoms with Crippen LogP contribution in [-0.2, 0) is 11.3 Å². The summed E-state index contributed by atoms with van der Waals surface area (Å²) in [4.78, 5) is 31.2. The molecule has 1 N–H and O–H groups in total. The van der Waals surface area contributed by atoms with Crippen LogP contribution in [0, 0.1) is 11.6 Å². The minimum absolute atomic E-state index is 0.0395. The lowest BCUT2D eigenvalue weighted by molar-refractivity contribution is -0.121. The van der Waals surface area contributed by atoms with Gasteiger partial charge in [0.1, 0.15) is 11.6 Å². The first-order chi connectivity index (χ1) is 14.0. The van der Waals surface area contributed by atoms with Crippen molar-refractivity contribution in [3.8, 4) is 0 Å². The van der Waals surface area contributed by atoms with Crippen LogP contribution in [-0.4, -0.2) is 16.8 Å². The van der Waals surface area contributed by atoms with Crippen LogP contribution in [0.4, 0.5) is 14.5 Å². The molecule has 29 heavy (non-hydrogen) atoms. The maximum Gasteiger partial charge on any atom is 0.260 e. The number of nitrogens with zero attached hydrogens (tertiary/aromatic N) is 2. The molecule has 5 nitrogen and oxygen atoms in total. The van der Waals surface area contributed by atoms with Gasteiger partial charge in [-0.15, -0.1) is 0 Å². The van der Waals surface area contributed by atoms with E-state index in [1.54, 1.807) is 36.5 Å². The van der Waals surface area contributed by atoms with Crippen LogP contribution in [0.15, 0.2) is 66.9 Å². The number of benzene rings is 2. The third kappa shape index (κ3) is 3.71. The number of anilines is 1. The van der Waals surface area contributed by atoms with Gasteiger partial charge in [0.05, 0.1) is 23.7 Å². The summed E-state index contributed by atoms with van der Waals surface area (Å²) in [6.45, 7) is 0.0395. The molecule has 2 aromatic carbocycles. The predicted octanol–water partition coefficient (Wildman–Crippen LogP) is 3.77. The van der Waals surface area contributed by atoms with Gasteiger partial charge in [-0.2, -0.15) is 0 Å². The Morgan fingerprint density at radius 1 is 1.03 bits per heavy atom. The quantitative estimate of drug-likeness (QED) is 0.718. The highest BCUT2D eigenvalue weighted by molar-refractivity contribution is 6.11. The predicted molar refractivity (Wildman–Crippen MR) is 103 cm³/mol. The molecule has 1 aliphatic rings. The van der Waals surface area contributed by atoms with Crippen LogP contribution in [0.5, 0.6) is 0 Å². The molecule has 3 aromatic rings. The van der Waals surface area contributed by atoms with Gasteiger partial charge in [0.2, 0.25) is 5.91 Å². The number of amides is 2. The van der Waals surface area contributed by atoms with Crippen LogP contribution < -0.4 is 10.2 Å². The molecule has 1 atom stereocenters. The van der Waals surface area contributed by atoms with E-state index in [4.69, 9.17) is 0 Å². The second kappa shape index (κ2) is 7.79. The van der Waals surface area contributed by atoms with Gasteiger partial charge in [-0.1, -0.05) is 18.2 Å². The van der Waals surface area contributed by atoms with E-state index in [0.717, 1.165) is 0 Å².